The smallest absolute Gasteiger partial charge is 0.124 e. The van der Waals surface area contributed by atoms with Crippen molar-refractivity contribution >= 4 is 28.3 Å². The Balaban J connectivity index is 1.96. The monoisotopic (exact) mass is 362 g/mol. The fourth-order valence-corrected chi connectivity index (χ4v) is 3.08. The van der Waals surface area contributed by atoms with E-state index in [2.05, 4.69) is 39.7 Å². The van der Waals surface area contributed by atoms with Gasteiger partial charge in [-0.2, -0.15) is 0 Å². The highest BCUT2D eigenvalue weighted by molar-refractivity contribution is 14.1. The number of anilines is 1. The van der Waals surface area contributed by atoms with E-state index in [1.807, 2.05) is 6.07 Å². The number of nitrogens with one attached hydrogen (secondary N) is 1. The van der Waals surface area contributed by atoms with Gasteiger partial charge in [0.2, 0.25) is 0 Å². The van der Waals surface area contributed by atoms with E-state index in [0.717, 1.165) is 22.3 Å². The SMILES string of the molecule is CCN1CCCC(Nc2ccc(F)cc2I)CC1. The highest BCUT2D eigenvalue weighted by Gasteiger charge is 2.16. The van der Waals surface area contributed by atoms with Gasteiger partial charge in [0.1, 0.15) is 5.82 Å². The fraction of sp³-hybridized carbons (Fsp3) is 0.571. The largest absolute Gasteiger partial charge is 0.381 e. The van der Waals surface area contributed by atoms with Crippen molar-refractivity contribution in [2.24, 2.45) is 0 Å². The predicted molar refractivity (Wildman–Crippen MR) is 82.5 cm³/mol. The summed E-state index contributed by atoms with van der Waals surface area (Å²) in [5.74, 6) is -0.164. The summed E-state index contributed by atoms with van der Waals surface area (Å²) in [7, 11) is 0. The summed E-state index contributed by atoms with van der Waals surface area (Å²) in [4.78, 5) is 2.50. The van der Waals surface area contributed by atoms with Crippen LogP contribution in [0.4, 0.5) is 10.1 Å². The molecule has 0 spiro atoms. The third-order valence-electron chi connectivity index (χ3n) is 3.56. The number of nitrogens with zero attached hydrogens (tertiary/aromatic N) is 1. The number of likely N-dealkylation sites (tertiary alicyclic amines) is 1. The number of rotatable bonds is 3. The van der Waals surface area contributed by atoms with Crippen molar-refractivity contribution in [1.29, 1.82) is 0 Å². The summed E-state index contributed by atoms with van der Waals surface area (Å²) >= 11 is 2.19. The minimum Gasteiger partial charge on any atom is -0.381 e. The quantitative estimate of drug-likeness (QED) is 0.825. The van der Waals surface area contributed by atoms with E-state index in [9.17, 15) is 4.39 Å². The Hall–Kier alpha value is -0.360. The lowest BCUT2D eigenvalue weighted by molar-refractivity contribution is 0.300. The first kappa shape index (κ1) is 14.1. The van der Waals surface area contributed by atoms with Crippen molar-refractivity contribution in [1.82, 2.24) is 4.90 Å². The van der Waals surface area contributed by atoms with Crippen LogP contribution in [-0.2, 0) is 0 Å². The maximum absolute atomic E-state index is 13.0. The summed E-state index contributed by atoms with van der Waals surface area (Å²) in [6.07, 6.45) is 3.61. The molecule has 1 fully saturated rings. The van der Waals surface area contributed by atoms with Gasteiger partial charge in [-0.3, -0.25) is 0 Å². The molecule has 4 heteroatoms. The first-order chi connectivity index (χ1) is 8.69. The lowest BCUT2D eigenvalue weighted by Gasteiger charge is -2.20. The van der Waals surface area contributed by atoms with E-state index >= 15 is 0 Å². The van der Waals surface area contributed by atoms with Gasteiger partial charge in [0.25, 0.3) is 0 Å². The van der Waals surface area contributed by atoms with Crippen LogP contribution in [0.5, 0.6) is 0 Å². The summed E-state index contributed by atoms with van der Waals surface area (Å²) in [5, 5.41) is 3.56. The molecule has 1 aliphatic rings. The molecule has 2 nitrogen and oxygen atoms in total. The van der Waals surface area contributed by atoms with Gasteiger partial charge in [0.15, 0.2) is 0 Å². The lowest BCUT2D eigenvalue weighted by atomic mass is 10.1. The van der Waals surface area contributed by atoms with Gasteiger partial charge in [-0.05, 0) is 73.1 Å². The van der Waals surface area contributed by atoms with Crippen LogP contribution >= 0.6 is 22.6 Å². The average Bonchev–Trinajstić information content (AvgIpc) is 2.58. The Morgan fingerprint density at radius 2 is 2.22 bits per heavy atom. The second-order valence-electron chi connectivity index (χ2n) is 4.83. The molecule has 1 atom stereocenters. The normalized spacial score (nSPS) is 21.6. The van der Waals surface area contributed by atoms with Gasteiger partial charge in [-0.25, -0.2) is 4.39 Å². The molecule has 2 rings (SSSR count). The molecular weight excluding hydrogens is 342 g/mol. The standard InChI is InChI=1S/C14H20FIN2/c1-2-18-8-3-4-12(7-9-18)17-14-6-5-11(15)10-13(14)16/h5-6,10,12,17H,2-4,7-9H2,1H3. The highest BCUT2D eigenvalue weighted by atomic mass is 127. The Labute approximate surface area is 122 Å². The van der Waals surface area contributed by atoms with Crippen LogP contribution in [0, 0.1) is 9.39 Å². The average molecular weight is 362 g/mol. The zero-order valence-corrected chi connectivity index (χ0v) is 12.9. The van der Waals surface area contributed by atoms with Crippen LogP contribution < -0.4 is 5.32 Å². The highest BCUT2D eigenvalue weighted by Crippen LogP contribution is 2.22. The minimum absolute atomic E-state index is 0.164. The number of halogens is 2. The van der Waals surface area contributed by atoms with Gasteiger partial charge in [-0.1, -0.05) is 6.92 Å². The van der Waals surface area contributed by atoms with Crippen molar-refractivity contribution in [3.8, 4) is 0 Å². The minimum atomic E-state index is -0.164. The maximum atomic E-state index is 13.0. The van der Waals surface area contributed by atoms with Crippen molar-refractivity contribution < 1.29 is 4.39 Å². The van der Waals surface area contributed by atoms with Crippen molar-refractivity contribution in [3.05, 3.63) is 27.6 Å². The molecule has 1 unspecified atom stereocenters. The Morgan fingerprint density at radius 1 is 1.39 bits per heavy atom. The first-order valence-electron chi connectivity index (χ1n) is 6.63. The van der Waals surface area contributed by atoms with Crippen LogP contribution in [0.15, 0.2) is 18.2 Å². The fourth-order valence-electron chi connectivity index (χ4n) is 2.44. The van der Waals surface area contributed by atoms with E-state index in [1.54, 1.807) is 6.07 Å². The molecular formula is C14H20FIN2. The molecule has 0 aliphatic carbocycles. The summed E-state index contributed by atoms with van der Waals surface area (Å²) in [5.41, 5.74) is 1.06. The van der Waals surface area contributed by atoms with Crippen molar-refractivity contribution in [2.75, 3.05) is 25.0 Å². The van der Waals surface area contributed by atoms with E-state index < -0.39 is 0 Å². The number of benzene rings is 1. The first-order valence-corrected chi connectivity index (χ1v) is 7.71. The van der Waals surface area contributed by atoms with Gasteiger partial charge < -0.3 is 10.2 Å². The maximum Gasteiger partial charge on any atom is 0.124 e. The summed E-state index contributed by atoms with van der Waals surface area (Å²) in [6.45, 7) is 5.72. The summed E-state index contributed by atoms with van der Waals surface area (Å²) < 4.78 is 14.0. The molecule has 1 saturated heterocycles. The topological polar surface area (TPSA) is 15.3 Å². The molecule has 0 saturated carbocycles. The predicted octanol–water partition coefficient (Wildman–Crippen LogP) is 3.72. The molecule has 1 aromatic carbocycles. The molecule has 1 N–H and O–H groups in total. The Morgan fingerprint density at radius 3 is 2.94 bits per heavy atom. The summed E-state index contributed by atoms with van der Waals surface area (Å²) in [6, 6.07) is 5.47. The van der Waals surface area contributed by atoms with E-state index in [0.29, 0.717) is 6.04 Å². The van der Waals surface area contributed by atoms with Crippen LogP contribution in [0.2, 0.25) is 0 Å². The Kier molecular flexibility index (Phi) is 5.24. The molecule has 1 heterocycles. The van der Waals surface area contributed by atoms with Crippen molar-refractivity contribution in [3.63, 3.8) is 0 Å². The molecule has 0 bridgehead atoms. The molecule has 0 aromatic heterocycles. The second-order valence-corrected chi connectivity index (χ2v) is 5.99. The number of hydrogen-bond donors (Lipinski definition) is 1. The van der Waals surface area contributed by atoms with Crippen molar-refractivity contribution in [2.45, 2.75) is 32.2 Å². The molecule has 18 heavy (non-hydrogen) atoms. The van der Waals surface area contributed by atoms with Gasteiger partial charge in [0.05, 0.1) is 0 Å². The van der Waals surface area contributed by atoms with Crippen LogP contribution in [0.1, 0.15) is 26.2 Å². The van der Waals surface area contributed by atoms with E-state index in [-0.39, 0.29) is 5.82 Å². The van der Waals surface area contributed by atoms with Crippen LogP contribution in [0.3, 0.4) is 0 Å². The zero-order chi connectivity index (χ0) is 13.0. The number of hydrogen-bond acceptors (Lipinski definition) is 2. The lowest BCUT2D eigenvalue weighted by Crippen LogP contribution is -2.26. The van der Waals surface area contributed by atoms with E-state index in [4.69, 9.17) is 0 Å². The third-order valence-corrected chi connectivity index (χ3v) is 4.45. The van der Waals surface area contributed by atoms with Gasteiger partial charge in [0, 0.05) is 21.8 Å². The van der Waals surface area contributed by atoms with Gasteiger partial charge in [-0.15, -0.1) is 0 Å². The second kappa shape index (κ2) is 6.70. The molecule has 100 valence electrons. The zero-order valence-electron chi connectivity index (χ0n) is 10.8. The van der Waals surface area contributed by atoms with E-state index in [1.165, 1.54) is 31.9 Å². The molecule has 0 amide bonds. The van der Waals surface area contributed by atoms with Gasteiger partial charge >= 0.3 is 0 Å². The third kappa shape index (κ3) is 3.82. The Bertz CT molecular complexity index is 397. The molecule has 0 radical (unpaired) electrons. The van der Waals surface area contributed by atoms with Crippen LogP contribution in [0.25, 0.3) is 0 Å². The molecule has 1 aromatic rings. The molecule has 1 aliphatic heterocycles. The van der Waals surface area contributed by atoms with Crippen LogP contribution in [-0.4, -0.2) is 30.6 Å².